The van der Waals surface area contributed by atoms with Gasteiger partial charge in [-0.05, 0) is 31.5 Å². The van der Waals surface area contributed by atoms with Crippen LogP contribution in [0, 0.1) is 12.7 Å². The molecule has 0 saturated carbocycles. The summed E-state index contributed by atoms with van der Waals surface area (Å²) in [7, 11) is 0. The highest BCUT2D eigenvalue weighted by molar-refractivity contribution is 5.28. The fourth-order valence-electron chi connectivity index (χ4n) is 0.955. The molecule has 0 fully saturated rings. The van der Waals surface area contributed by atoms with Crippen molar-refractivity contribution in [3.63, 3.8) is 0 Å². The van der Waals surface area contributed by atoms with Crippen molar-refractivity contribution in [3.05, 3.63) is 29.6 Å². The minimum Gasteiger partial charge on any atom is -0.485 e. The summed E-state index contributed by atoms with van der Waals surface area (Å²) in [5.74, 6) is -0.201. The third-order valence-corrected chi connectivity index (χ3v) is 1.67. The molecule has 72 valence electrons. The number of aryl methyl sites for hydroxylation is 1. The fourth-order valence-corrected chi connectivity index (χ4v) is 0.955. The second-order valence-electron chi connectivity index (χ2n) is 3.04. The van der Waals surface area contributed by atoms with Crippen LogP contribution in [0.15, 0.2) is 18.2 Å². The Morgan fingerprint density at radius 2 is 2.23 bits per heavy atom. The Hall–Kier alpha value is -1.09. The van der Waals surface area contributed by atoms with Gasteiger partial charge in [0.1, 0.15) is 6.10 Å². The second kappa shape index (κ2) is 4.23. The van der Waals surface area contributed by atoms with Gasteiger partial charge >= 0.3 is 0 Å². The Morgan fingerprint density at radius 1 is 1.54 bits per heavy atom. The maximum atomic E-state index is 13.1. The van der Waals surface area contributed by atoms with Crippen LogP contribution in [-0.2, 0) is 0 Å². The quantitative estimate of drug-likeness (QED) is 0.777. The van der Waals surface area contributed by atoms with Gasteiger partial charge in [0.05, 0.1) is 6.61 Å². The van der Waals surface area contributed by atoms with Crippen molar-refractivity contribution in [2.75, 3.05) is 6.61 Å². The van der Waals surface area contributed by atoms with E-state index in [-0.39, 0.29) is 24.3 Å². The van der Waals surface area contributed by atoms with Crippen LogP contribution in [0.3, 0.4) is 0 Å². The smallest absolute Gasteiger partial charge is 0.165 e. The SMILES string of the molecule is Cc1ccc(O[C@H](C)CO)c(F)c1. The topological polar surface area (TPSA) is 29.5 Å². The van der Waals surface area contributed by atoms with Gasteiger partial charge in [0, 0.05) is 0 Å². The summed E-state index contributed by atoms with van der Waals surface area (Å²) in [5, 5.41) is 8.69. The van der Waals surface area contributed by atoms with Gasteiger partial charge in [-0.1, -0.05) is 6.07 Å². The zero-order valence-corrected chi connectivity index (χ0v) is 7.75. The molecule has 1 aromatic carbocycles. The molecule has 0 heterocycles. The zero-order chi connectivity index (χ0) is 9.84. The average molecular weight is 184 g/mol. The summed E-state index contributed by atoms with van der Waals surface area (Å²) >= 11 is 0. The molecular weight excluding hydrogens is 171 g/mol. The molecule has 3 heteroatoms. The third kappa shape index (κ3) is 2.70. The predicted molar refractivity (Wildman–Crippen MR) is 48.3 cm³/mol. The van der Waals surface area contributed by atoms with E-state index in [1.54, 1.807) is 19.1 Å². The molecule has 0 bridgehead atoms. The van der Waals surface area contributed by atoms with Crippen molar-refractivity contribution < 1.29 is 14.2 Å². The van der Waals surface area contributed by atoms with Crippen molar-refractivity contribution in [2.45, 2.75) is 20.0 Å². The lowest BCUT2D eigenvalue weighted by Crippen LogP contribution is -2.16. The van der Waals surface area contributed by atoms with Crippen LogP contribution >= 0.6 is 0 Å². The van der Waals surface area contributed by atoms with Crippen LogP contribution in [0.4, 0.5) is 4.39 Å². The van der Waals surface area contributed by atoms with Crippen LogP contribution in [-0.4, -0.2) is 17.8 Å². The third-order valence-electron chi connectivity index (χ3n) is 1.67. The van der Waals surface area contributed by atoms with Crippen molar-refractivity contribution in [1.29, 1.82) is 0 Å². The van der Waals surface area contributed by atoms with E-state index in [0.29, 0.717) is 0 Å². The molecule has 0 spiro atoms. The molecule has 0 aromatic heterocycles. The number of benzene rings is 1. The molecule has 2 nitrogen and oxygen atoms in total. The van der Waals surface area contributed by atoms with Crippen molar-refractivity contribution in [3.8, 4) is 5.75 Å². The number of aliphatic hydroxyl groups is 1. The zero-order valence-electron chi connectivity index (χ0n) is 7.75. The van der Waals surface area contributed by atoms with Gasteiger partial charge in [-0.25, -0.2) is 4.39 Å². The first-order valence-corrected chi connectivity index (χ1v) is 4.17. The molecule has 13 heavy (non-hydrogen) atoms. The Morgan fingerprint density at radius 3 is 2.77 bits per heavy atom. The lowest BCUT2D eigenvalue weighted by molar-refractivity contribution is 0.125. The highest BCUT2D eigenvalue weighted by atomic mass is 19.1. The highest BCUT2D eigenvalue weighted by Gasteiger charge is 2.06. The van der Waals surface area contributed by atoms with Crippen LogP contribution in [0.1, 0.15) is 12.5 Å². The molecule has 1 aromatic rings. The maximum Gasteiger partial charge on any atom is 0.165 e. The van der Waals surface area contributed by atoms with Crippen LogP contribution in [0.5, 0.6) is 5.75 Å². The van der Waals surface area contributed by atoms with E-state index in [0.717, 1.165) is 5.56 Å². The van der Waals surface area contributed by atoms with Gasteiger partial charge in [0.2, 0.25) is 0 Å². The average Bonchev–Trinajstić information content (AvgIpc) is 2.09. The fraction of sp³-hybridized carbons (Fsp3) is 0.400. The van der Waals surface area contributed by atoms with Gasteiger partial charge in [0.15, 0.2) is 11.6 Å². The molecule has 0 aliphatic heterocycles. The molecule has 1 rings (SSSR count). The Bertz CT molecular complexity index is 286. The first-order chi connectivity index (χ1) is 6.13. The number of hydrogen-bond donors (Lipinski definition) is 1. The first-order valence-electron chi connectivity index (χ1n) is 4.17. The predicted octanol–water partition coefficient (Wildman–Crippen LogP) is 1.89. The molecule has 1 N–H and O–H groups in total. The Balaban J connectivity index is 2.77. The number of hydrogen-bond acceptors (Lipinski definition) is 2. The maximum absolute atomic E-state index is 13.1. The minimum absolute atomic E-state index is 0.118. The first kappa shape index (κ1) is 9.99. The monoisotopic (exact) mass is 184 g/mol. The normalized spacial score (nSPS) is 12.6. The minimum atomic E-state index is -0.389. The molecular formula is C10H13FO2. The Labute approximate surface area is 77.0 Å². The number of rotatable bonds is 3. The van der Waals surface area contributed by atoms with Gasteiger partial charge in [-0.15, -0.1) is 0 Å². The van der Waals surface area contributed by atoms with Gasteiger partial charge in [0.25, 0.3) is 0 Å². The van der Waals surface area contributed by atoms with E-state index in [1.165, 1.54) is 6.07 Å². The van der Waals surface area contributed by atoms with E-state index < -0.39 is 0 Å². The van der Waals surface area contributed by atoms with Crippen molar-refractivity contribution in [1.82, 2.24) is 0 Å². The summed E-state index contributed by atoms with van der Waals surface area (Å²) in [5.41, 5.74) is 0.849. The molecule has 1 atom stereocenters. The van der Waals surface area contributed by atoms with Crippen LogP contribution in [0.25, 0.3) is 0 Å². The summed E-state index contributed by atoms with van der Waals surface area (Å²) in [6.07, 6.45) is -0.378. The van der Waals surface area contributed by atoms with E-state index in [9.17, 15) is 4.39 Å². The van der Waals surface area contributed by atoms with Crippen molar-refractivity contribution >= 4 is 0 Å². The standard InChI is InChI=1S/C10H13FO2/c1-7-3-4-10(9(11)5-7)13-8(2)6-12/h3-5,8,12H,6H2,1-2H3/t8-/m1/s1. The van der Waals surface area contributed by atoms with Crippen molar-refractivity contribution in [2.24, 2.45) is 0 Å². The lowest BCUT2D eigenvalue weighted by Gasteiger charge is -2.12. The summed E-state index contributed by atoms with van der Waals surface area (Å²) in [6, 6.07) is 4.73. The summed E-state index contributed by atoms with van der Waals surface area (Å²) in [4.78, 5) is 0. The summed E-state index contributed by atoms with van der Waals surface area (Å²) < 4.78 is 18.3. The van der Waals surface area contributed by atoms with Gasteiger partial charge in [-0.3, -0.25) is 0 Å². The summed E-state index contributed by atoms with van der Waals surface area (Å²) in [6.45, 7) is 3.37. The van der Waals surface area contributed by atoms with E-state index in [2.05, 4.69) is 0 Å². The molecule has 0 unspecified atom stereocenters. The molecule has 0 radical (unpaired) electrons. The largest absolute Gasteiger partial charge is 0.485 e. The van der Waals surface area contributed by atoms with E-state index in [1.807, 2.05) is 6.92 Å². The Kier molecular flexibility index (Phi) is 3.25. The molecule has 0 amide bonds. The highest BCUT2D eigenvalue weighted by Crippen LogP contribution is 2.18. The second-order valence-corrected chi connectivity index (χ2v) is 3.04. The number of ether oxygens (including phenoxy) is 1. The number of aliphatic hydroxyl groups excluding tert-OH is 1. The van der Waals surface area contributed by atoms with Gasteiger partial charge in [-0.2, -0.15) is 0 Å². The van der Waals surface area contributed by atoms with E-state index in [4.69, 9.17) is 9.84 Å². The molecule has 0 aliphatic rings. The van der Waals surface area contributed by atoms with Gasteiger partial charge < -0.3 is 9.84 Å². The van der Waals surface area contributed by atoms with Crippen LogP contribution < -0.4 is 4.74 Å². The van der Waals surface area contributed by atoms with Crippen LogP contribution in [0.2, 0.25) is 0 Å². The van der Waals surface area contributed by atoms with E-state index >= 15 is 0 Å². The molecule has 0 saturated heterocycles. The lowest BCUT2D eigenvalue weighted by atomic mass is 10.2. The molecule has 0 aliphatic carbocycles. The number of halogens is 1.